The third-order valence-electron chi connectivity index (χ3n) is 5.46. The number of nitrogens with one attached hydrogen (secondary N) is 1. The number of hydrogen-bond donors (Lipinski definition) is 1. The van der Waals surface area contributed by atoms with Crippen LogP contribution in [0.15, 0.2) is 63.8 Å². The fraction of sp³-hybridized carbons (Fsp3) is 0.250. The molecule has 1 saturated heterocycles. The number of benzene rings is 1. The van der Waals surface area contributed by atoms with Gasteiger partial charge in [-0.1, -0.05) is 12.1 Å². The Hall–Kier alpha value is -2.47. The third-order valence-corrected chi connectivity index (χ3v) is 5.89. The van der Waals surface area contributed by atoms with Gasteiger partial charge in [0.25, 0.3) is 5.91 Å². The lowest BCUT2D eigenvalue weighted by atomic mass is 9.82. The first kappa shape index (κ1) is 15.8. The van der Waals surface area contributed by atoms with E-state index in [4.69, 9.17) is 4.42 Å². The Morgan fingerprint density at radius 3 is 2.65 bits per heavy atom. The van der Waals surface area contributed by atoms with Crippen LogP contribution >= 0.6 is 15.9 Å². The van der Waals surface area contributed by atoms with Crippen LogP contribution in [0.3, 0.4) is 0 Å². The van der Waals surface area contributed by atoms with Crippen molar-refractivity contribution in [3.8, 4) is 5.69 Å². The topological polar surface area (TPSA) is 50.4 Å². The molecule has 2 aliphatic rings. The van der Waals surface area contributed by atoms with E-state index in [1.165, 1.54) is 11.4 Å². The molecule has 1 fully saturated rings. The number of nitrogens with zero attached hydrogens (tertiary/aromatic N) is 2. The van der Waals surface area contributed by atoms with Gasteiger partial charge in [0, 0.05) is 25.0 Å². The van der Waals surface area contributed by atoms with E-state index >= 15 is 0 Å². The van der Waals surface area contributed by atoms with E-state index in [1.807, 2.05) is 4.90 Å². The van der Waals surface area contributed by atoms with E-state index in [2.05, 4.69) is 68.4 Å². The summed E-state index contributed by atoms with van der Waals surface area (Å²) in [7, 11) is 0. The second-order valence-corrected chi connectivity index (χ2v) is 7.67. The van der Waals surface area contributed by atoms with Crippen LogP contribution in [-0.4, -0.2) is 28.5 Å². The maximum atomic E-state index is 12.7. The first-order valence-electron chi connectivity index (χ1n) is 8.76. The maximum absolute atomic E-state index is 12.7. The molecule has 1 amide bonds. The smallest absolute Gasteiger partial charge is 0.289 e. The van der Waals surface area contributed by atoms with Gasteiger partial charge in [0.05, 0.1) is 16.9 Å². The Bertz CT molecular complexity index is 982. The van der Waals surface area contributed by atoms with Gasteiger partial charge < -0.3 is 19.2 Å². The van der Waals surface area contributed by atoms with Crippen LogP contribution in [0.2, 0.25) is 0 Å². The normalized spacial score (nSPS) is 17.5. The van der Waals surface area contributed by atoms with Gasteiger partial charge in [-0.15, -0.1) is 0 Å². The summed E-state index contributed by atoms with van der Waals surface area (Å²) in [4.78, 5) is 14.5. The average Bonchev–Trinajstić information content (AvgIpc) is 3.32. The van der Waals surface area contributed by atoms with Gasteiger partial charge in [-0.05, 0) is 65.2 Å². The highest BCUT2D eigenvalue weighted by molar-refractivity contribution is 9.10. The zero-order valence-electron chi connectivity index (χ0n) is 14.1. The minimum absolute atomic E-state index is 0.0443. The molecule has 5 nitrogen and oxygen atoms in total. The van der Waals surface area contributed by atoms with Crippen molar-refractivity contribution in [1.29, 1.82) is 0 Å². The molecule has 0 atom stereocenters. The number of anilines is 1. The number of carbonyl (C=O) groups excluding carboxylic acids is 1. The molecular weight excluding hydrogens is 394 g/mol. The van der Waals surface area contributed by atoms with Gasteiger partial charge in [-0.3, -0.25) is 4.79 Å². The number of aromatic nitrogens is 1. The molecule has 6 heteroatoms. The van der Waals surface area contributed by atoms with Crippen LogP contribution in [0.1, 0.15) is 29.1 Å². The highest BCUT2D eigenvalue weighted by atomic mass is 79.9. The van der Waals surface area contributed by atoms with Crippen molar-refractivity contribution in [1.82, 2.24) is 9.47 Å². The monoisotopic (exact) mass is 411 g/mol. The number of carbonyl (C=O) groups is 1. The van der Waals surface area contributed by atoms with Crippen molar-refractivity contribution in [3.05, 3.63) is 70.9 Å². The largest absolute Gasteiger partial charge is 0.444 e. The minimum Gasteiger partial charge on any atom is -0.444 e. The second kappa shape index (κ2) is 5.77. The molecular formula is C20H18BrN3O2. The number of furan rings is 1. The molecule has 1 N–H and O–H groups in total. The molecule has 4 heterocycles. The average molecular weight is 412 g/mol. The zero-order valence-corrected chi connectivity index (χ0v) is 15.7. The van der Waals surface area contributed by atoms with Crippen molar-refractivity contribution in [2.75, 3.05) is 18.4 Å². The molecule has 0 radical (unpaired) electrons. The fourth-order valence-corrected chi connectivity index (χ4v) is 4.46. The Kier molecular flexibility index (Phi) is 3.50. The summed E-state index contributed by atoms with van der Waals surface area (Å²) in [5.74, 6) is 0.343. The lowest BCUT2D eigenvalue weighted by Crippen LogP contribution is -2.51. The number of halogens is 1. The predicted molar refractivity (Wildman–Crippen MR) is 103 cm³/mol. The van der Waals surface area contributed by atoms with Crippen LogP contribution < -0.4 is 5.32 Å². The first-order chi connectivity index (χ1) is 12.7. The van der Waals surface area contributed by atoms with Crippen LogP contribution in [0, 0.1) is 0 Å². The molecule has 1 spiro atoms. The van der Waals surface area contributed by atoms with Crippen molar-refractivity contribution in [2.45, 2.75) is 18.4 Å². The molecule has 26 heavy (non-hydrogen) atoms. The molecule has 0 unspecified atom stereocenters. The predicted octanol–water partition coefficient (Wildman–Crippen LogP) is 4.39. The lowest BCUT2D eigenvalue weighted by molar-refractivity contribution is 0.0643. The molecule has 3 aromatic rings. The van der Waals surface area contributed by atoms with Gasteiger partial charge in [-0.25, -0.2) is 0 Å². The Balaban J connectivity index is 1.42. The summed E-state index contributed by atoms with van der Waals surface area (Å²) in [6, 6.07) is 16.1. The number of hydrogen-bond acceptors (Lipinski definition) is 3. The number of piperidine rings is 1. The molecule has 0 saturated carbocycles. The van der Waals surface area contributed by atoms with Gasteiger partial charge in [0.2, 0.25) is 0 Å². The summed E-state index contributed by atoms with van der Waals surface area (Å²) in [6.07, 6.45) is 3.84. The molecule has 2 aromatic heterocycles. The van der Waals surface area contributed by atoms with E-state index in [9.17, 15) is 4.79 Å². The summed E-state index contributed by atoms with van der Waals surface area (Å²) >= 11 is 3.26. The van der Waals surface area contributed by atoms with E-state index in [0.29, 0.717) is 23.5 Å². The summed E-state index contributed by atoms with van der Waals surface area (Å²) < 4.78 is 8.28. The van der Waals surface area contributed by atoms with Crippen LogP contribution in [0.4, 0.5) is 5.69 Å². The minimum atomic E-state index is -0.140. The highest BCUT2D eigenvalue weighted by Gasteiger charge is 2.42. The van der Waals surface area contributed by atoms with Gasteiger partial charge in [0.15, 0.2) is 10.4 Å². The number of fused-ring (bicyclic) bond motifs is 4. The van der Waals surface area contributed by atoms with E-state index in [0.717, 1.165) is 18.5 Å². The summed E-state index contributed by atoms with van der Waals surface area (Å²) in [6.45, 7) is 1.38. The standard InChI is InChI=1S/C20H18BrN3O2/c21-18-8-7-16(26-18)19(25)23-12-9-20(10-13-23)17-6-3-11-24(17)15-5-2-1-4-14(15)22-20/h1-8,11,22H,9-10,12-13H2. The summed E-state index contributed by atoms with van der Waals surface area (Å²) in [5.41, 5.74) is 3.45. The zero-order chi connectivity index (χ0) is 17.7. The Morgan fingerprint density at radius 2 is 1.88 bits per heavy atom. The second-order valence-electron chi connectivity index (χ2n) is 6.88. The molecule has 5 rings (SSSR count). The van der Waals surface area contributed by atoms with E-state index < -0.39 is 0 Å². The van der Waals surface area contributed by atoms with Crippen LogP contribution in [-0.2, 0) is 5.54 Å². The quantitative estimate of drug-likeness (QED) is 0.645. The fourth-order valence-electron chi connectivity index (χ4n) is 4.15. The van der Waals surface area contributed by atoms with E-state index in [1.54, 1.807) is 12.1 Å². The molecule has 132 valence electrons. The molecule has 0 bridgehead atoms. The first-order valence-corrected chi connectivity index (χ1v) is 9.56. The van der Waals surface area contributed by atoms with Crippen molar-refractivity contribution < 1.29 is 9.21 Å². The number of likely N-dealkylation sites (tertiary alicyclic amines) is 1. The van der Waals surface area contributed by atoms with Crippen LogP contribution in [0.25, 0.3) is 5.69 Å². The molecule has 2 aliphatic heterocycles. The third kappa shape index (κ3) is 2.32. The van der Waals surface area contributed by atoms with Crippen molar-refractivity contribution in [3.63, 3.8) is 0 Å². The lowest BCUT2D eigenvalue weighted by Gasteiger charge is -2.46. The SMILES string of the molecule is O=C(c1ccc(Br)o1)N1CCC2(CC1)Nc1ccccc1-n1cccc12. The summed E-state index contributed by atoms with van der Waals surface area (Å²) in [5, 5.41) is 3.77. The molecule has 0 aliphatic carbocycles. The van der Waals surface area contributed by atoms with Crippen LogP contribution in [0.5, 0.6) is 0 Å². The highest BCUT2D eigenvalue weighted by Crippen LogP contribution is 2.43. The van der Waals surface area contributed by atoms with Crippen molar-refractivity contribution >= 4 is 27.5 Å². The van der Waals surface area contributed by atoms with Crippen molar-refractivity contribution in [2.24, 2.45) is 0 Å². The Labute approximate surface area is 159 Å². The number of amides is 1. The number of rotatable bonds is 1. The maximum Gasteiger partial charge on any atom is 0.289 e. The van der Waals surface area contributed by atoms with Gasteiger partial charge >= 0.3 is 0 Å². The van der Waals surface area contributed by atoms with Gasteiger partial charge in [0.1, 0.15) is 0 Å². The Morgan fingerprint density at radius 1 is 1.08 bits per heavy atom. The van der Waals surface area contributed by atoms with E-state index in [-0.39, 0.29) is 11.4 Å². The molecule has 1 aromatic carbocycles. The number of para-hydroxylation sites is 2. The van der Waals surface area contributed by atoms with Gasteiger partial charge in [-0.2, -0.15) is 0 Å².